The molecule has 0 saturated carbocycles. The van der Waals surface area contributed by atoms with Gasteiger partial charge in [0, 0.05) is 12.2 Å². The van der Waals surface area contributed by atoms with Crippen molar-refractivity contribution in [1.29, 1.82) is 0 Å². The number of hydrogen-bond acceptors (Lipinski definition) is 3. The second-order valence-electron chi connectivity index (χ2n) is 4.93. The van der Waals surface area contributed by atoms with Gasteiger partial charge < -0.3 is 20.1 Å². The lowest BCUT2D eigenvalue weighted by atomic mass is 10.1. The second kappa shape index (κ2) is 5.92. The van der Waals surface area contributed by atoms with Crippen molar-refractivity contribution in [2.24, 2.45) is 0 Å². The average molecular weight is 278 g/mol. The number of anilines is 1. The molecule has 1 aliphatic rings. The maximum absolute atomic E-state index is 12.2. The van der Waals surface area contributed by atoms with E-state index in [-0.39, 0.29) is 13.2 Å². The highest BCUT2D eigenvalue weighted by molar-refractivity contribution is 5.92. The number of hydrogen-bond donors (Lipinski definition) is 2. The van der Waals surface area contributed by atoms with E-state index in [0.29, 0.717) is 12.3 Å². The SMILES string of the molecule is Cc1cc(C)cc(NC(=O)N2CCOCC2C(=O)O)c1. The van der Waals surface area contributed by atoms with Crippen LogP contribution in [0.4, 0.5) is 10.5 Å². The zero-order valence-electron chi connectivity index (χ0n) is 11.5. The van der Waals surface area contributed by atoms with Gasteiger partial charge in [-0.3, -0.25) is 0 Å². The van der Waals surface area contributed by atoms with Crippen molar-refractivity contribution in [1.82, 2.24) is 4.90 Å². The number of carboxylic acid groups (broad SMARTS) is 1. The van der Waals surface area contributed by atoms with Gasteiger partial charge in [-0.1, -0.05) is 6.07 Å². The zero-order chi connectivity index (χ0) is 14.7. The Morgan fingerprint density at radius 3 is 2.55 bits per heavy atom. The number of carbonyl (C=O) groups excluding carboxylic acids is 1. The number of urea groups is 1. The minimum atomic E-state index is -1.06. The van der Waals surface area contributed by atoms with E-state index < -0.39 is 18.0 Å². The van der Waals surface area contributed by atoms with Gasteiger partial charge in [-0.2, -0.15) is 0 Å². The highest BCUT2D eigenvalue weighted by Crippen LogP contribution is 2.16. The largest absolute Gasteiger partial charge is 0.480 e. The Labute approximate surface area is 117 Å². The van der Waals surface area contributed by atoms with Crippen LogP contribution in [0, 0.1) is 13.8 Å². The maximum atomic E-state index is 12.2. The molecule has 0 aliphatic carbocycles. The summed E-state index contributed by atoms with van der Waals surface area (Å²) in [6.45, 7) is 4.53. The van der Waals surface area contributed by atoms with E-state index in [0.717, 1.165) is 11.1 Å². The Morgan fingerprint density at radius 2 is 1.95 bits per heavy atom. The number of carbonyl (C=O) groups is 2. The van der Waals surface area contributed by atoms with E-state index in [9.17, 15) is 9.59 Å². The van der Waals surface area contributed by atoms with Gasteiger partial charge in [-0.15, -0.1) is 0 Å². The van der Waals surface area contributed by atoms with Crippen LogP contribution in [-0.4, -0.2) is 47.8 Å². The first-order valence-electron chi connectivity index (χ1n) is 6.44. The van der Waals surface area contributed by atoms with Crippen LogP contribution >= 0.6 is 0 Å². The minimum absolute atomic E-state index is 0.0234. The Kier molecular flexibility index (Phi) is 4.24. The predicted octanol–water partition coefficient (Wildman–Crippen LogP) is 1.62. The molecule has 2 rings (SSSR count). The Hall–Kier alpha value is -2.08. The lowest BCUT2D eigenvalue weighted by Gasteiger charge is -2.32. The molecule has 0 bridgehead atoms. The smallest absolute Gasteiger partial charge is 0.328 e. The highest BCUT2D eigenvalue weighted by atomic mass is 16.5. The summed E-state index contributed by atoms with van der Waals surface area (Å²) in [7, 11) is 0. The topological polar surface area (TPSA) is 78.9 Å². The first-order chi connectivity index (χ1) is 9.47. The molecule has 0 aromatic heterocycles. The number of rotatable bonds is 2. The summed E-state index contributed by atoms with van der Waals surface area (Å²) in [6.07, 6.45) is 0. The number of benzene rings is 1. The van der Waals surface area contributed by atoms with E-state index in [1.165, 1.54) is 4.90 Å². The van der Waals surface area contributed by atoms with Gasteiger partial charge in [0.25, 0.3) is 0 Å². The Bertz CT molecular complexity index is 510. The van der Waals surface area contributed by atoms with Gasteiger partial charge in [-0.05, 0) is 37.1 Å². The van der Waals surface area contributed by atoms with E-state index in [2.05, 4.69) is 5.32 Å². The number of nitrogens with zero attached hydrogens (tertiary/aromatic N) is 1. The van der Waals surface area contributed by atoms with Crippen LogP contribution in [-0.2, 0) is 9.53 Å². The summed E-state index contributed by atoms with van der Waals surface area (Å²) in [5.41, 5.74) is 2.75. The summed E-state index contributed by atoms with van der Waals surface area (Å²) in [4.78, 5) is 24.6. The summed E-state index contributed by atoms with van der Waals surface area (Å²) in [5, 5.41) is 11.9. The lowest BCUT2D eigenvalue weighted by Crippen LogP contribution is -2.53. The van der Waals surface area contributed by atoms with Crippen LogP contribution in [0.1, 0.15) is 11.1 Å². The monoisotopic (exact) mass is 278 g/mol. The summed E-state index contributed by atoms with van der Waals surface area (Å²) in [6, 6.07) is 4.35. The quantitative estimate of drug-likeness (QED) is 0.861. The van der Waals surface area contributed by atoms with Gasteiger partial charge in [0.05, 0.1) is 13.2 Å². The van der Waals surface area contributed by atoms with Crippen molar-refractivity contribution >= 4 is 17.7 Å². The molecule has 1 aliphatic heterocycles. The molecule has 6 heteroatoms. The normalized spacial score (nSPS) is 18.7. The van der Waals surface area contributed by atoms with E-state index in [1.54, 1.807) is 0 Å². The number of aliphatic carboxylic acids is 1. The molecule has 1 aromatic carbocycles. The molecule has 1 saturated heterocycles. The number of morpholine rings is 1. The lowest BCUT2D eigenvalue weighted by molar-refractivity contribution is -0.147. The number of nitrogens with one attached hydrogen (secondary N) is 1. The van der Waals surface area contributed by atoms with Crippen molar-refractivity contribution < 1.29 is 19.4 Å². The highest BCUT2D eigenvalue weighted by Gasteiger charge is 2.32. The van der Waals surface area contributed by atoms with Gasteiger partial charge in [0.15, 0.2) is 6.04 Å². The molecule has 6 nitrogen and oxygen atoms in total. The van der Waals surface area contributed by atoms with Crippen molar-refractivity contribution in [3.8, 4) is 0 Å². The molecule has 1 atom stereocenters. The molecule has 1 fully saturated rings. The maximum Gasteiger partial charge on any atom is 0.328 e. The van der Waals surface area contributed by atoms with Crippen molar-refractivity contribution in [2.75, 3.05) is 25.1 Å². The number of carboxylic acids is 1. The van der Waals surface area contributed by atoms with Crippen LogP contribution in [0.5, 0.6) is 0 Å². The molecular formula is C14H18N2O4. The molecular weight excluding hydrogens is 260 g/mol. The third-order valence-electron chi connectivity index (χ3n) is 3.15. The molecule has 2 N–H and O–H groups in total. The fourth-order valence-corrected chi connectivity index (χ4v) is 2.29. The first kappa shape index (κ1) is 14.3. The third kappa shape index (κ3) is 3.27. The standard InChI is InChI=1S/C14H18N2O4/c1-9-5-10(2)7-11(6-9)15-14(19)16-3-4-20-8-12(16)13(17)18/h5-7,12H,3-4,8H2,1-2H3,(H,15,19)(H,17,18). The zero-order valence-corrected chi connectivity index (χ0v) is 11.5. The van der Waals surface area contributed by atoms with Crippen molar-refractivity contribution in [2.45, 2.75) is 19.9 Å². The Morgan fingerprint density at radius 1 is 1.30 bits per heavy atom. The molecule has 0 radical (unpaired) electrons. The summed E-state index contributed by atoms with van der Waals surface area (Å²) >= 11 is 0. The number of aryl methyl sites for hydroxylation is 2. The van der Waals surface area contributed by atoms with Crippen LogP contribution in [0.3, 0.4) is 0 Å². The number of ether oxygens (including phenoxy) is 1. The van der Waals surface area contributed by atoms with Crippen molar-refractivity contribution in [3.05, 3.63) is 29.3 Å². The molecule has 1 unspecified atom stereocenters. The summed E-state index contributed by atoms with van der Waals surface area (Å²) < 4.78 is 5.11. The van der Waals surface area contributed by atoms with Gasteiger partial charge in [0.2, 0.25) is 0 Å². The van der Waals surface area contributed by atoms with Gasteiger partial charge >= 0.3 is 12.0 Å². The van der Waals surface area contributed by atoms with Crippen LogP contribution in [0.25, 0.3) is 0 Å². The van der Waals surface area contributed by atoms with Gasteiger partial charge in [-0.25, -0.2) is 9.59 Å². The Balaban J connectivity index is 2.11. The number of amides is 2. The molecule has 2 amide bonds. The predicted molar refractivity (Wildman–Crippen MR) is 73.9 cm³/mol. The van der Waals surface area contributed by atoms with E-state index in [1.807, 2.05) is 32.0 Å². The van der Waals surface area contributed by atoms with Crippen molar-refractivity contribution in [3.63, 3.8) is 0 Å². The third-order valence-corrected chi connectivity index (χ3v) is 3.15. The van der Waals surface area contributed by atoms with Crippen LogP contribution < -0.4 is 5.32 Å². The second-order valence-corrected chi connectivity index (χ2v) is 4.93. The van der Waals surface area contributed by atoms with Gasteiger partial charge in [0.1, 0.15) is 0 Å². The molecule has 1 heterocycles. The van der Waals surface area contributed by atoms with E-state index >= 15 is 0 Å². The van der Waals surface area contributed by atoms with Crippen LogP contribution in [0.15, 0.2) is 18.2 Å². The average Bonchev–Trinajstić information content (AvgIpc) is 2.37. The fourth-order valence-electron chi connectivity index (χ4n) is 2.29. The van der Waals surface area contributed by atoms with Crippen LogP contribution in [0.2, 0.25) is 0 Å². The summed E-state index contributed by atoms with van der Waals surface area (Å²) in [5.74, 6) is -1.06. The molecule has 20 heavy (non-hydrogen) atoms. The van der Waals surface area contributed by atoms with E-state index in [4.69, 9.17) is 9.84 Å². The first-order valence-corrected chi connectivity index (χ1v) is 6.44. The fraction of sp³-hybridized carbons (Fsp3) is 0.429. The molecule has 108 valence electrons. The molecule has 1 aromatic rings. The molecule has 0 spiro atoms. The minimum Gasteiger partial charge on any atom is -0.480 e.